The van der Waals surface area contributed by atoms with Gasteiger partial charge in [0.25, 0.3) is 0 Å². The first kappa shape index (κ1) is 19.6. The van der Waals surface area contributed by atoms with Crippen molar-refractivity contribution in [1.29, 1.82) is 0 Å². The predicted molar refractivity (Wildman–Crippen MR) is 92.7 cm³/mol. The minimum absolute atomic E-state index is 0.152. The second-order valence-corrected chi connectivity index (χ2v) is 5.80. The second-order valence-electron chi connectivity index (χ2n) is 5.80. The van der Waals surface area contributed by atoms with Crippen molar-refractivity contribution in [2.45, 2.75) is 26.4 Å². The molecule has 0 saturated carbocycles. The normalized spacial score (nSPS) is 13.3. The molecule has 0 radical (unpaired) electrons. The van der Waals surface area contributed by atoms with E-state index < -0.39 is 6.36 Å². The zero-order valence-corrected chi connectivity index (χ0v) is 14.6. The maximum Gasteiger partial charge on any atom is 0.573 e. The van der Waals surface area contributed by atoms with E-state index in [2.05, 4.69) is 32.4 Å². The lowest BCUT2D eigenvalue weighted by molar-refractivity contribution is -0.274. The van der Waals surface area contributed by atoms with Crippen LogP contribution in [0.3, 0.4) is 0 Å². The fraction of sp³-hybridized carbons (Fsp3) is 0.412. The number of ether oxygens (including phenoxy) is 1. The van der Waals surface area contributed by atoms with Crippen molar-refractivity contribution < 1.29 is 17.9 Å². The smallest absolute Gasteiger partial charge is 0.405 e. The van der Waals surface area contributed by atoms with E-state index in [0.717, 1.165) is 6.54 Å². The van der Waals surface area contributed by atoms with Crippen LogP contribution in [0.2, 0.25) is 0 Å². The molecule has 0 fully saturated rings. The topological polar surface area (TPSA) is 63.5 Å². The van der Waals surface area contributed by atoms with Crippen molar-refractivity contribution in [1.82, 2.24) is 20.4 Å². The molecule has 0 aliphatic carbocycles. The molecule has 0 amide bonds. The van der Waals surface area contributed by atoms with Crippen LogP contribution in [0.25, 0.3) is 0 Å². The first-order chi connectivity index (χ1) is 12.4. The van der Waals surface area contributed by atoms with E-state index in [0.29, 0.717) is 18.1 Å². The third-order valence-electron chi connectivity index (χ3n) is 3.54. The number of aromatic nitrogens is 2. The molecular formula is C17H22F3N5O. The number of rotatable bonds is 7. The summed E-state index contributed by atoms with van der Waals surface area (Å²) < 4.78 is 43.3. The fourth-order valence-corrected chi connectivity index (χ4v) is 2.34. The van der Waals surface area contributed by atoms with Gasteiger partial charge in [0.1, 0.15) is 5.75 Å². The highest BCUT2D eigenvalue weighted by molar-refractivity contribution is 5.79. The van der Waals surface area contributed by atoms with E-state index in [1.807, 2.05) is 16.9 Å². The number of nitrogens with one attached hydrogen (secondary N) is 2. The summed E-state index contributed by atoms with van der Waals surface area (Å²) in [5, 5.41) is 10.3. The van der Waals surface area contributed by atoms with Crippen molar-refractivity contribution >= 4 is 5.96 Å². The minimum Gasteiger partial charge on any atom is -0.405 e. The molecule has 1 aromatic heterocycles. The van der Waals surface area contributed by atoms with Gasteiger partial charge in [0.2, 0.25) is 0 Å². The highest BCUT2D eigenvalue weighted by Gasteiger charge is 2.31. The lowest BCUT2D eigenvalue weighted by Crippen LogP contribution is -2.39. The molecule has 2 N–H and O–H groups in total. The maximum absolute atomic E-state index is 12.5. The third-order valence-corrected chi connectivity index (χ3v) is 3.54. The molecule has 0 bridgehead atoms. The van der Waals surface area contributed by atoms with Crippen LogP contribution in [0, 0.1) is 5.92 Å². The Morgan fingerprint density at radius 3 is 2.69 bits per heavy atom. The molecule has 1 atom stereocenters. The summed E-state index contributed by atoms with van der Waals surface area (Å²) in [4.78, 5) is 4.09. The van der Waals surface area contributed by atoms with Gasteiger partial charge in [0.15, 0.2) is 5.96 Å². The number of para-hydroxylation sites is 1. The van der Waals surface area contributed by atoms with Crippen molar-refractivity contribution in [3.63, 3.8) is 0 Å². The number of halogens is 3. The van der Waals surface area contributed by atoms with E-state index in [1.165, 1.54) is 12.1 Å². The van der Waals surface area contributed by atoms with Gasteiger partial charge in [0.05, 0.1) is 0 Å². The monoisotopic (exact) mass is 369 g/mol. The molecule has 0 saturated heterocycles. The quantitative estimate of drug-likeness (QED) is 0.582. The predicted octanol–water partition coefficient (Wildman–Crippen LogP) is 2.78. The Labute approximate surface area is 150 Å². The number of alkyl halides is 3. The number of benzene rings is 1. The van der Waals surface area contributed by atoms with E-state index in [1.54, 1.807) is 25.4 Å². The van der Waals surface area contributed by atoms with Crippen LogP contribution < -0.4 is 15.4 Å². The SMILES string of the molecule is CN=C(NCc1ccccc1OC(F)(F)F)NCC(C)Cn1cccn1. The van der Waals surface area contributed by atoms with Gasteiger partial charge in [-0.1, -0.05) is 25.1 Å². The van der Waals surface area contributed by atoms with Gasteiger partial charge in [-0.3, -0.25) is 9.67 Å². The van der Waals surface area contributed by atoms with Crippen LogP contribution in [0.5, 0.6) is 5.75 Å². The number of hydrogen-bond acceptors (Lipinski definition) is 3. The standard InChI is InChI=1S/C17H22F3N5O/c1-13(12-25-9-5-8-24-25)10-22-16(21-2)23-11-14-6-3-4-7-15(14)26-17(18,19)20/h3-9,13H,10-12H2,1-2H3,(H2,21,22,23). The van der Waals surface area contributed by atoms with Crippen molar-refractivity contribution in [2.75, 3.05) is 13.6 Å². The van der Waals surface area contributed by atoms with Crippen LogP contribution in [0.15, 0.2) is 47.7 Å². The molecule has 1 heterocycles. The van der Waals surface area contributed by atoms with E-state index >= 15 is 0 Å². The number of hydrogen-bond donors (Lipinski definition) is 2. The lowest BCUT2D eigenvalue weighted by Gasteiger charge is -2.17. The Balaban J connectivity index is 1.85. The highest BCUT2D eigenvalue weighted by Crippen LogP contribution is 2.25. The summed E-state index contributed by atoms with van der Waals surface area (Å²) in [6.07, 6.45) is -1.11. The summed E-state index contributed by atoms with van der Waals surface area (Å²) in [7, 11) is 1.60. The Bertz CT molecular complexity index is 701. The van der Waals surface area contributed by atoms with Crippen molar-refractivity contribution in [2.24, 2.45) is 10.9 Å². The van der Waals surface area contributed by atoms with E-state index in [-0.39, 0.29) is 18.2 Å². The van der Waals surface area contributed by atoms with Crippen LogP contribution in [0.4, 0.5) is 13.2 Å². The van der Waals surface area contributed by atoms with Gasteiger partial charge in [-0.05, 0) is 18.1 Å². The largest absolute Gasteiger partial charge is 0.573 e. The molecule has 2 aromatic rings. The molecule has 0 aliphatic rings. The average molecular weight is 369 g/mol. The molecule has 6 nitrogen and oxygen atoms in total. The third kappa shape index (κ3) is 6.66. The van der Waals surface area contributed by atoms with E-state index in [9.17, 15) is 13.2 Å². The molecule has 1 unspecified atom stereocenters. The molecular weight excluding hydrogens is 347 g/mol. The minimum atomic E-state index is -4.72. The molecule has 0 spiro atoms. The summed E-state index contributed by atoms with van der Waals surface area (Å²) >= 11 is 0. The number of guanidine groups is 1. The maximum atomic E-state index is 12.5. The van der Waals surface area contributed by atoms with Crippen molar-refractivity contribution in [3.8, 4) is 5.75 Å². The number of aliphatic imine (C=N–C) groups is 1. The fourth-order valence-electron chi connectivity index (χ4n) is 2.34. The van der Waals surface area contributed by atoms with Crippen molar-refractivity contribution in [3.05, 3.63) is 48.3 Å². The molecule has 142 valence electrons. The van der Waals surface area contributed by atoms with Crippen LogP contribution >= 0.6 is 0 Å². The van der Waals surface area contributed by atoms with Gasteiger partial charge in [-0.25, -0.2) is 0 Å². The van der Waals surface area contributed by atoms with Crippen LogP contribution in [-0.4, -0.2) is 35.7 Å². The first-order valence-electron chi connectivity index (χ1n) is 8.13. The molecule has 2 rings (SSSR count). The van der Waals surface area contributed by atoms with Gasteiger partial charge < -0.3 is 15.4 Å². The van der Waals surface area contributed by atoms with Gasteiger partial charge in [0, 0.05) is 44.6 Å². The van der Waals surface area contributed by atoms with Crippen LogP contribution in [-0.2, 0) is 13.1 Å². The summed E-state index contributed by atoms with van der Waals surface area (Å²) in [5.74, 6) is 0.559. The van der Waals surface area contributed by atoms with Crippen LogP contribution in [0.1, 0.15) is 12.5 Å². The summed E-state index contributed by atoms with van der Waals surface area (Å²) in [5.41, 5.74) is 0.386. The molecule has 9 heteroatoms. The first-order valence-corrected chi connectivity index (χ1v) is 8.13. The molecule has 26 heavy (non-hydrogen) atoms. The summed E-state index contributed by atoms with van der Waals surface area (Å²) in [6.45, 7) is 3.60. The Hall–Kier alpha value is -2.71. The van der Waals surface area contributed by atoms with Gasteiger partial charge >= 0.3 is 6.36 Å². The second kappa shape index (κ2) is 9.12. The Kier molecular flexibility index (Phi) is 6.88. The Morgan fingerprint density at radius 1 is 1.27 bits per heavy atom. The average Bonchev–Trinajstić information content (AvgIpc) is 3.08. The molecule has 1 aromatic carbocycles. The van der Waals surface area contributed by atoms with Gasteiger partial charge in [-0.15, -0.1) is 13.2 Å². The zero-order chi connectivity index (χ0) is 19.0. The Morgan fingerprint density at radius 2 is 2.04 bits per heavy atom. The number of nitrogens with zero attached hydrogens (tertiary/aromatic N) is 3. The van der Waals surface area contributed by atoms with E-state index in [4.69, 9.17) is 0 Å². The zero-order valence-electron chi connectivity index (χ0n) is 14.6. The highest BCUT2D eigenvalue weighted by atomic mass is 19.4. The summed E-state index contributed by atoms with van der Waals surface area (Å²) in [6, 6.07) is 7.87. The lowest BCUT2D eigenvalue weighted by atomic mass is 10.2. The molecule has 0 aliphatic heterocycles. The van der Waals surface area contributed by atoms with Gasteiger partial charge in [-0.2, -0.15) is 5.10 Å².